The highest BCUT2D eigenvalue weighted by molar-refractivity contribution is 5.68. The average Bonchev–Trinajstić information content (AvgIpc) is 2.37. The quantitative estimate of drug-likeness (QED) is 0.864. The molecule has 2 rings (SSSR count). The Morgan fingerprint density at radius 3 is 2.33 bits per heavy atom. The Hall–Kier alpha value is -1.55. The number of carbonyl (C=O) groups excluding carboxylic acids is 1. The minimum atomic E-state index is -0.843. The lowest BCUT2D eigenvalue weighted by molar-refractivity contribution is -0.0359. The molecule has 21 heavy (non-hydrogen) atoms. The first-order chi connectivity index (χ1) is 9.71. The number of rotatable bonds is 1. The molecular weight excluding hydrogens is 266 g/mol. The fourth-order valence-corrected chi connectivity index (χ4v) is 2.75. The molecule has 0 unspecified atom stereocenters. The van der Waals surface area contributed by atoms with Crippen molar-refractivity contribution in [2.45, 2.75) is 51.7 Å². The summed E-state index contributed by atoms with van der Waals surface area (Å²) in [6.07, 6.45) is 0.781. The van der Waals surface area contributed by atoms with Crippen molar-refractivity contribution >= 4 is 6.09 Å². The molecule has 0 saturated carbocycles. The van der Waals surface area contributed by atoms with Crippen LogP contribution < -0.4 is 0 Å². The maximum atomic E-state index is 12.1. The van der Waals surface area contributed by atoms with E-state index >= 15 is 0 Å². The highest BCUT2D eigenvalue weighted by Gasteiger charge is 2.37. The molecule has 1 aromatic rings. The van der Waals surface area contributed by atoms with Crippen molar-refractivity contribution in [1.82, 2.24) is 4.90 Å². The number of piperidine rings is 1. The molecule has 1 N–H and O–H groups in total. The number of carbonyl (C=O) groups is 1. The molecule has 1 amide bonds. The van der Waals surface area contributed by atoms with E-state index in [9.17, 15) is 9.90 Å². The highest BCUT2D eigenvalue weighted by Crippen LogP contribution is 2.34. The Balaban J connectivity index is 2.03. The topological polar surface area (TPSA) is 49.8 Å². The third kappa shape index (κ3) is 3.76. The minimum absolute atomic E-state index is 0.297. The van der Waals surface area contributed by atoms with E-state index < -0.39 is 11.2 Å². The van der Waals surface area contributed by atoms with Gasteiger partial charge in [-0.2, -0.15) is 0 Å². The summed E-state index contributed by atoms with van der Waals surface area (Å²) >= 11 is 0. The normalized spacial score (nSPS) is 18.4. The van der Waals surface area contributed by atoms with Gasteiger partial charge in [-0.05, 0) is 51.7 Å². The van der Waals surface area contributed by atoms with Crippen LogP contribution in [0.4, 0.5) is 4.79 Å². The number of amides is 1. The van der Waals surface area contributed by atoms with Crippen molar-refractivity contribution in [3.05, 3.63) is 35.4 Å². The van der Waals surface area contributed by atoms with Gasteiger partial charge in [0.1, 0.15) is 5.60 Å². The second-order valence-corrected chi connectivity index (χ2v) is 6.81. The van der Waals surface area contributed by atoms with E-state index in [1.165, 1.54) is 0 Å². The van der Waals surface area contributed by atoms with Crippen molar-refractivity contribution in [2.24, 2.45) is 0 Å². The van der Waals surface area contributed by atoms with E-state index in [0.29, 0.717) is 25.9 Å². The fourth-order valence-electron chi connectivity index (χ4n) is 2.75. The Kier molecular flexibility index (Phi) is 4.28. The molecule has 1 heterocycles. The molecule has 0 radical (unpaired) electrons. The monoisotopic (exact) mass is 291 g/mol. The van der Waals surface area contributed by atoms with Crippen molar-refractivity contribution in [3.8, 4) is 0 Å². The van der Waals surface area contributed by atoms with E-state index in [1.807, 2.05) is 52.0 Å². The average molecular weight is 291 g/mol. The van der Waals surface area contributed by atoms with Gasteiger partial charge in [-0.3, -0.25) is 0 Å². The molecule has 0 bridgehead atoms. The zero-order valence-corrected chi connectivity index (χ0v) is 13.3. The Morgan fingerprint density at radius 1 is 1.24 bits per heavy atom. The summed E-state index contributed by atoms with van der Waals surface area (Å²) in [4.78, 5) is 13.7. The van der Waals surface area contributed by atoms with Gasteiger partial charge in [-0.15, -0.1) is 0 Å². The third-order valence-electron chi connectivity index (χ3n) is 3.89. The number of aliphatic hydroxyl groups is 1. The predicted octanol–water partition coefficient (Wildman–Crippen LogP) is 3.21. The number of likely N-dealkylation sites (tertiary alicyclic amines) is 1. The van der Waals surface area contributed by atoms with E-state index in [0.717, 1.165) is 11.1 Å². The second kappa shape index (κ2) is 5.68. The van der Waals surface area contributed by atoms with Crippen LogP contribution in [0, 0.1) is 6.92 Å². The van der Waals surface area contributed by atoms with Crippen LogP contribution in [0.3, 0.4) is 0 Å². The Morgan fingerprint density at radius 2 is 1.81 bits per heavy atom. The van der Waals surface area contributed by atoms with Crippen LogP contribution in [0.2, 0.25) is 0 Å². The molecule has 116 valence electrons. The molecule has 1 saturated heterocycles. The van der Waals surface area contributed by atoms with Gasteiger partial charge in [-0.25, -0.2) is 4.79 Å². The molecule has 1 aromatic carbocycles. The lowest BCUT2D eigenvalue weighted by atomic mass is 9.82. The van der Waals surface area contributed by atoms with Crippen LogP contribution in [0.25, 0.3) is 0 Å². The van der Waals surface area contributed by atoms with Crippen LogP contribution >= 0.6 is 0 Å². The molecule has 1 fully saturated rings. The van der Waals surface area contributed by atoms with Crippen LogP contribution in [0.5, 0.6) is 0 Å². The number of benzene rings is 1. The summed E-state index contributed by atoms with van der Waals surface area (Å²) < 4.78 is 5.38. The summed E-state index contributed by atoms with van der Waals surface area (Å²) in [5, 5.41) is 10.9. The van der Waals surface area contributed by atoms with E-state index in [4.69, 9.17) is 4.74 Å². The van der Waals surface area contributed by atoms with Gasteiger partial charge >= 0.3 is 6.09 Å². The number of hydrogen-bond donors (Lipinski definition) is 1. The molecule has 0 aromatic heterocycles. The number of ether oxygens (including phenoxy) is 1. The number of nitrogens with zero attached hydrogens (tertiary/aromatic N) is 1. The van der Waals surface area contributed by atoms with E-state index in [2.05, 4.69) is 0 Å². The summed E-state index contributed by atoms with van der Waals surface area (Å²) in [6, 6.07) is 7.89. The van der Waals surface area contributed by atoms with Crippen LogP contribution in [0.1, 0.15) is 44.7 Å². The standard InChI is InChI=1S/C17H25NO3/c1-13-7-5-6-8-14(13)17(20)9-11-18(12-10-17)15(19)21-16(2,3)4/h5-8,20H,9-12H2,1-4H3. The summed E-state index contributed by atoms with van der Waals surface area (Å²) in [5.74, 6) is 0. The van der Waals surface area contributed by atoms with Crippen LogP contribution in [-0.4, -0.2) is 34.8 Å². The SMILES string of the molecule is Cc1ccccc1C1(O)CCN(C(=O)OC(C)(C)C)CC1. The molecule has 0 spiro atoms. The highest BCUT2D eigenvalue weighted by atomic mass is 16.6. The van der Waals surface area contributed by atoms with Gasteiger partial charge in [0, 0.05) is 13.1 Å². The fraction of sp³-hybridized carbons (Fsp3) is 0.588. The number of hydrogen-bond acceptors (Lipinski definition) is 3. The van der Waals surface area contributed by atoms with Crippen molar-refractivity contribution in [1.29, 1.82) is 0 Å². The van der Waals surface area contributed by atoms with Gasteiger partial charge in [0.05, 0.1) is 5.60 Å². The van der Waals surface area contributed by atoms with E-state index in [-0.39, 0.29) is 6.09 Å². The first kappa shape index (κ1) is 15.8. The van der Waals surface area contributed by atoms with Crippen LogP contribution in [0.15, 0.2) is 24.3 Å². The van der Waals surface area contributed by atoms with Gasteiger partial charge in [0.25, 0.3) is 0 Å². The second-order valence-electron chi connectivity index (χ2n) is 6.81. The van der Waals surface area contributed by atoms with Gasteiger partial charge < -0.3 is 14.7 Å². The molecule has 4 heteroatoms. The van der Waals surface area contributed by atoms with Gasteiger partial charge in [0.15, 0.2) is 0 Å². The predicted molar refractivity (Wildman–Crippen MR) is 82.1 cm³/mol. The molecule has 0 aliphatic carbocycles. The zero-order valence-electron chi connectivity index (χ0n) is 13.3. The molecule has 0 atom stereocenters. The summed E-state index contributed by atoms with van der Waals surface area (Å²) in [5.41, 5.74) is 0.726. The lowest BCUT2D eigenvalue weighted by Crippen LogP contribution is -2.47. The molecular formula is C17H25NO3. The first-order valence-electron chi connectivity index (χ1n) is 7.48. The lowest BCUT2D eigenvalue weighted by Gasteiger charge is -2.39. The minimum Gasteiger partial charge on any atom is -0.444 e. The maximum Gasteiger partial charge on any atom is 0.410 e. The summed E-state index contributed by atoms with van der Waals surface area (Å²) in [6.45, 7) is 8.61. The smallest absolute Gasteiger partial charge is 0.410 e. The van der Waals surface area contributed by atoms with E-state index in [1.54, 1.807) is 4.90 Å². The summed E-state index contributed by atoms with van der Waals surface area (Å²) in [7, 11) is 0. The van der Waals surface area contributed by atoms with Gasteiger partial charge in [0.2, 0.25) is 0 Å². The maximum absolute atomic E-state index is 12.1. The van der Waals surface area contributed by atoms with Crippen LogP contribution in [-0.2, 0) is 10.3 Å². The van der Waals surface area contributed by atoms with Crippen molar-refractivity contribution in [3.63, 3.8) is 0 Å². The number of aryl methyl sites for hydroxylation is 1. The first-order valence-corrected chi connectivity index (χ1v) is 7.48. The largest absolute Gasteiger partial charge is 0.444 e. The van der Waals surface area contributed by atoms with Crippen molar-refractivity contribution in [2.75, 3.05) is 13.1 Å². The van der Waals surface area contributed by atoms with Crippen molar-refractivity contribution < 1.29 is 14.6 Å². The van der Waals surface area contributed by atoms with Gasteiger partial charge in [-0.1, -0.05) is 24.3 Å². The molecule has 1 aliphatic heterocycles. The zero-order chi connectivity index (χ0) is 15.7. The Labute approximate surface area is 126 Å². The Bertz CT molecular complexity index is 511. The molecule has 4 nitrogen and oxygen atoms in total. The third-order valence-corrected chi connectivity index (χ3v) is 3.89. The molecule has 1 aliphatic rings.